The molecule has 0 aromatic heterocycles. The lowest BCUT2D eigenvalue weighted by atomic mass is 10.0. The SMILES string of the molecule is COCC(CS(N)(=O)=O)c1ccccc1. The smallest absolute Gasteiger partial charge is 0.209 e. The largest absolute Gasteiger partial charge is 0.384 e. The molecule has 0 bridgehead atoms. The normalized spacial score (nSPS) is 13.7. The molecule has 0 saturated carbocycles. The molecule has 1 unspecified atom stereocenters. The second kappa shape index (κ2) is 5.25. The minimum Gasteiger partial charge on any atom is -0.384 e. The van der Waals surface area contributed by atoms with Gasteiger partial charge in [-0.15, -0.1) is 0 Å². The lowest BCUT2D eigenvalue weighted by Crippen LogP contribution is -2.24. The van der Waals surface area contributed by atoms with Crippen LogP contribution in [-0.2, 0) is 14.8 Å². The lowest BCUT2D eigenvalue weighted by molar-refractivity contribution is 0.185. The minimum absolute atomic E-state index is 0.0924. The summed E-state index contributed by atoms with van der Waals surface area (Å²) in [6, 6.07) is 9.34. The Morgan fingerprint density at radius 2 is 1.93 bits per heavy atom. The molecule has 2 N–H and O–H groups in total. The van der Waals surface area contributed by atoms with Gasteiger partial charge in [0, 0.05) is 13.0 Å². The predicted molar refractivity (Wildman–Crippen MR) is 59.0 cm³/mol. The molecule has 1 aromatic rings. The van der Waals surface area contributed by atoms with Crippen LogP contribution in [0.4, 0.5) is 0 Å². The van der Waals surface area contributed by atoms with E-state index in [4.69, 9.17) is 9.88 Å². The maximum absolute atomic E-state index is 11.0. The maximum Gasteiger partial charge on any atom is 0.209 e. The van der Waals surface area contributed by atoms with Crippen LogP contribution in [0.1, 0.15) is 11.5 Å². The van der Waals surface area contributed by atoms with Gasteiger partial charge >= 0.3 is 0 Å². The number of nitrogens with two attached hydrogens (primary N) is 1. The van der Waals surface area contributed by atoms with Crippen LogP contribution in [0.25, 0.3) is 0 Å². The van der Waals surface area contributed by atoms with Gasteiger partial charge in [-0.05, 0) is 5.56 Å². The predicted octanol–water partition coefficient (Wildman–Crippen LogP) is 0.705. The van der Waals surface area contributed by atoms with Crippen LogP contribution in [0, 0.1) is 0 Å². The van der Waals surface area contributed by atoms with Gasteiger partial charge in [0.1, 0.15) is 0 Å². The molecule has 0 aliphatic carbocycles. The van der Waals surface area contributed by atoms with E-state index in [0.717, 1.165) is 5.56 Å². The lowest BCUT2D eigenvalue weighted by Gasteiger charge is -2.14. The first-order valence-electron chi connectivity index (χ1n) is 4.57. The van der Waals surface area contributed by atoms with Crippen LogP contribution in [0.2, 0.25) is 0 Å². The molecule has 0 saturated heterocycles. The van der Waals surface area contributed by atoms with Crippen molar-refractivity contribution in [1.29, 1.82) is 0 Å². The van der Waals surface area contributed by atoms with Crippen LogP contribution < -0.4 is 5.14 Å². The molecule has 1 rings (SSSR count). The fourth-order valence-electron chi connectivity index (χ4n) is 1.45. The zero-order valence-corrected chi connectivity index (χ0v) is 9.41. The fraction of sp³-hybridized carbons (Fsp3) is 0.400. The molecule has 0 amide bonds. The second-order valence-corrected chi connectivity index (χ2v) is 5.05. The van der Waals surface area contributed by atoms with Gasteiger partial charge < -0.3 is 4.74 Å². The summed E-state index contributed by atoms with van der Waals surface area (Å²) in [5.41, 5.74) is 0.924. The highest BCUT2D eigenvalue weighted by molar-refractivity contribution is 7.89. The van der Waals surface area contributed by atoms with Crippen LogP contribution in [0.5, 0.6) is 0 Å². The molecule has 0 heterocycles. The molecular weight excluding hydrogens is 214 g/mol. The van der Waals surface area contributed by atoms with Gasteiger partial charge in [-0.1, -0.05) is 30.3 Å². The molecule has 0 aliphatic heterocycles. The van der Waals surface area contributed by atoms with Crippen LogP contribution in [0.15, 0.2) is 30.3 Å². The Hall–Kier alpha value is -0.910. The number of methoxy groups -OCH3 is 1. The highest BCUT2D eigenvalue weighted by atomic mass is 32.2. The second-order valence-electron chi connectivity index (χ2n) is 3.39. The summed E-state index contributed by atoms with van der Waals surface area (Å²) in [6.07, 6.45) is 0. The first-order valence-corrected chi connectivity index (χ1v) is 6.29. The van der Waals surface area contributed by atoms with E-state index in [1.54, 1.807) is 7.11 Å². The van der Waals surface area contributed by atoms with Gasteiger partial charge in [-0.2, -0.15) is 0 Å². The maximum atomic E-state index is 11.0. The Bertz CT molecular complexity index is 388. The van der Waals surface area contributed by atoms with E-state index in [0.29, 0.717) is 6.61 Å². The molecule has 4 nitrogen and oxygen atoms in total. The Morgan fingerprint density at radius 3 is 2.40 bits per heavy atom. The third-order valence-electron chi connectivity index (χ3n) is 2.07. The van der Waals surface area contributed by atoms with Gasteiger partial charge in [0.15, 0.2) is 0 Å². The van der Waals surface area contributed by atoms with Crippen molar-refractivity contribution in [2.75, 3.05) is 19.5 Å². The molecule has 15 heavy (non-hydrogen) atoms. The first kappa shape index (κ1) is 12.2. The van der Waals surface area contributed by atoms with Gasteiger partial charge in [0.05, 0.1) is 12.4 Å². The zero-order valence-electron chi connectivity index (χ0n) is 8.59. The summed E-state index contributed by atoms with van der Waals surface area (Å²) in [5, 5.41) is 5.02. The Morgan fingerprint density at radius 1 is 1.33 bits per heavy atom. The monoisotopic (exact) mass is 229 g/mol. The van der Waals surface area contributed by atoms with Crippen molar-refractivity contribution in [2.45, 2.75) is 5.92 Å². The third-order valence-corrected chi connectivity index (χ3v) is 2.94. The number of primary sulfonamides is 1. The molecule has 84 valence electrons. The number of rotatable bonds is 5. The van der Waals surface area contributed by atoms with Crippen molar-refractivity contribution in [3.63, 3.8) is 0 Å². The van der Waals surface area contributed by atoms with Gasteiger partial charge in [-0.25, -0.2) is 13.6 Å². The van der Waals surface area contributed by atoms with Crippen molar-refractivity contribution in [3.05, 3.63) is 35.9 Å². The molecule has 5 heteroatoms. The average molecular weight is 229 g/mol. The highest BCUT2D eigenvalue weighted by Gasteiger charge is 2.17. The van der Waals surface area contributed by atoms with Crippen LogP contribution in [0.3, 0.4) is 0 Å². The summed E-state index contributed by atoms with van der Waals surface area (Å²) in [4.78, 5) is 0. The van der Waals surface area contributed by atoms with Gasteiger partial charge in [0.2, 0.25) is 10.0 Å². The molecule has 0 radical (unpaired) electrons. The molecule has 0 fully saturated rings. The zero-order chi connectivity index (χ0) is 11.3. The third kappa shape index (κ3) is 4.42. The van der Waals surface area contributed by atoms with Crippen molar-refractivity contribution >= 4 is 10.0 Å². The molecule has 0 spiro atoms. The standard InChI is InChI=1S/C10H15NO3S/c1-14-7-10(8-15(11,12)13)9-5-3-2-4-6-9/h2-6,10H,7-8H2,1H3,(H2,11,12,13). The minimum atomic E-state index is -3.47. The number of sulfonamides is 1. The quantitative estimate of drug-likeness (QED) is 0.808. The van der Waals surface area contributed by atoms with Crippen molar-refractivity contribution < 1.29 is 13.2 Å². The summed E-state index contributed by atoms with van der Waals surface area (Å²) >= 11 is 0. The number of benzene rings is 1. The summed E-state index contributed by atoms with van der Waals surface area (Å²) in [7, 11) is -1.93. The van der Waals surface area contributed by atoms with E-state index in [2.05, 4.69) is 0 Å². The van der Waals surface area contributed by atoms with Gasteiger partial charge in [-0.3, -0.25) is 0 Å². The van der Waals surface area contributed by atoms with Gasteiger partial charge in [0.25, 0.3) is 0 Å². The Kier molecular flexibility index (Phi) is 4.26. The first-order chi connectivity index (χ1) is 7.03. The van der Waals surface area contributed by atoms with Crippen molar-refractivity contribution in [3.8, 4) is 0 Å². The van der Waals surface area contributed by atoms with E-state index in [9.17, 15) is 8.42 Å². The Labute approximate surface area is 90.1 Å². The number of hydrogen-bond donors (Lipinski definition) is 1. The molecular formula is C10H15NO3S. The summed E-state index contributed by atoms with van der Waals surface area (Å²) in [5.74, 6) is -0.295. The highest BCUT2D eigenvalue weighted by Crippen LogP contribution is 2.16. The molecule has 1 aromatic carbocycles. The summed E-state index contributed by atoms with van der Waals surface area (Å²) < 4.78 is 27.0. The molecule has 0 aliphatic rings. The van der Waals surface area contributed by atoms with Crippen LogP contribution in [-0.4, -0.2) is 27.9 Å². The van der Waals surface area contributed by atoms with Crippen molar-refractivity contribution in [1.82, 2.24) is 0 Å². The topological polar surface area (TPSA) is 69.4 Å². The summed E-state index contributed by atoms with van der Waals surface area (Å²) in [6.45, 7) is 0.348. The van der Waals surface area contributed by atoms with E-state index in [-0.39, 0.29) is 11.7 Å². The average Bonchev–Trinajstić information content (AvgIpc) is 2.17. The Balaban J connectivity index is 2.84. The number of hydrogen-bond acceptors (Lipinski definition) is 3. The van der Waals surface area contributed by atoms with E-state index < -0.39 is 10.0 Å². The van der Waals surface area contributed by atoms with E-state index >= 15 is 0 Å². The molecule has 1 atom stereocenters. The fourth-order valence-corrected chi connectivity index (χ4v) is 2.30. The number of ether oxygens (including phenoxy) is 1. The van der Waals surface area contributed by atoms with Crippen molar-refractivity contribution in [2.24, 2.45) is 5.14 Å². The van der Waals surface area contributed by atoms with Crippen LogP contribution >= 0.6 is 0 Å². The van der Waals surface area contributed by atoms with E-state index in [1.165, 1.54) is 0 Å². The van der Waals surface area contributed by atoms with E-state index in [1.807, 2.05) is 30.3 Å².